The molecule has 0 saturated carbocycles. The van der Waals surface area contributed by atoms with Crippen molar-refractivity contribution in [2.45, 2.75) is 6.61 Å². The van der Waals surface area contributed by atoms with E-state index >= 15 is 0 Å². The lowest BCUT2D eigenvalue weighted by Gasteiger charge is -2.09. The van der Waals surface area contributed by atoms with Gasteiger partial charge in [-0.3, -0.25) is 5.43 Å². The first-order chi connectivity index (χ1) is 12.1. The Hall–Kier alpha value is -3.00. The van der Waals surface area contributed by atoms with E-state index in [0.717, 1.165) is 5.56 Å². The first kappa shape index (κ1) is 16.8. The minimum Gasteiger partial charge on any atom is -0.488 e. The molecule has 3 N–H and O–H groups in total. The van der Waals surface area contributed by atoms with Crippen molar-refractivity contribution in [2.75, 3.05) is 11.2 Å². The maximum atomic E-state index is 13.5. The lowest BCUT2D eigenvalue weighted by Crippen LogP contribution is -2.00. The molecule has 0 fully saturated rings. The van der Waals surface area contributed by atoms with E-state index in [1.165, 1.54) is 41.8 Å². The van der Waals surface area contributed by atoms with E-state index in [0.29, 0.717) is 22.3 Å². The standard InChI is InChI=1S/C17H14F2N4OS/c18-13-4-1-11(2-5-13)9-24-15-7-14(19)6-3-12(15)8-21-23-17-22-16(20)10-25-17/h1-8,10H,9,20H2,(H,22,23). The maximum Gasteiger partial charge on any atom is 0.205 e. The second-order valence-corrected chi connectivity index (χ2v) is 5.90. The molecule has 0 radical (unpaired) electrons. The van der Waals surface area contributed by atoms with Crippen LogP contribution < -0.4 is 15.9 Å². The van der Waals surface area contributed by atoms with Gasteiger partial charge in [-0.2, -0.15) is 5.10 Å². The molecule has 3 rings (SSSR count). The van der Waals surface area contributed by atoms with E-state index in [4.69, 9.17) is 10.5 Å². The highest BCUT2D eigenvalue weighted by atomic mass is 32.1. The lowest BCUT2D eigenvalue weighted by molar-refractivity contribution is 0.304. The number of benzene rings is 2. The Labute approximate surface area is 146 Å². The topological polar surface area (TPSA) is 72.5 Å². The summed E-state index contributed by atoms with van der Waals surface area (Å²) in [7, 11) is 0. The van der Waals surface area contributed by atoms with E-state index in [2.05, 4.69) is 15.5 Å². The van der Waals surface area contributed by atoms with Crippen LogP contribution in [0, 0.1) is 11.6 Å². The Morgan fingerprint density at radius 1 is 1.16 bits per heavy atom. The zero-order valence-electron chi connectivity index (χ0n) is 12.9. The number of anilines is 2. The third kappa shape index (κ3) is 4.74. The molecule has 0 aliphatic heterocycles. The van der Waals surface area contributed by atoms with Gasteiger partial charge >= 0.3 is 0 Å². The van der Waals surface area contributed by atoms with Gasteiger partial charge in [0.05, 0.1) is 6.21 Å². The molecule has 0 atom stereocenters. The number of nitrogens with one attached hydrogen (secondary N) is 1. The smallest absolute Gasteiger partial charge is 0.205 e. The van der Waals surface area contributed by atoms with E-state index in [-0.39, 0.29) is 12.4 Å². The van der Waals surface area contributed by atoms with Crippen LogP contribution in [-0.4, -0.2) is 11.2 Å². The Kier molecular flexibility index (Phi) is 5.20. The van der Waals surface area contributed by atoms with Crippen molar-refractivity contribution in [1.82, 2.24) is 4.98 Å². The molecule has 0 saturated heterocycles. The molecule has 0 spiro atoms. The molecule has 5 nitrogen and oxygen atoms in total. The molecular formula is C17H14F2N4OS. The van der Waals surface area contributed by atoms with Crippen LogP contribution in [0.1, 0.15) is 11.1 Å². The fourth-order valence-electron chi connectivity index (χ4n) is 1.98. The Morgan fingerprint density at radius 3 is 2.64 bits per heavy atom. The van der Waals surface area contributed by atoms with Crippen molar-refractivity contribution >= 4 is 28.5 Å². The first-order valence-electron chi connectivity index (χ1n) is 7.27. The first-order valence-corrected chi connectivity index (χ1v) is 8.15. The highest BCUT2D eigenvalue weighted by molar-refractivity contribution is 7.14. The zero-order valence-corrected chi connectivity index (χ0v) is 13.8. The van der Waals surface area contributed by atoms with Gasteiger partial charge in [0.2, 0.25) is 5.13 Å². The number of rotatable bonds is 6. The Balaban J connectivity index is 1.70. The largest absolute Gasteiger partial charge is 0.488 e. The van der Waals surface area contributed by atoms with Crippen LogP contribution in [0.4, 0.5) is 19.7 Å². The van der Waals surface area contributed by atoms with Crippen molar-refractivity contribution < 1.29 is 13.5 Å². The maximum absolute atomic E-state index is 13.5. The minimum atomic E-state index is -0.424. The lowest BCUT2D eigenvalue weighted by atomic mass is 10.2. The van der Waals surface area contributed by atoms with Gasteiger partial charge in [-0.25, -0.2) is 13.8 Å². The predicted molar refractivity (Wildman–Crippen MR) is 94.9 cm³/mol. The number of hydrogen-bond donors (Lipinski definition) is 2. The van der Waals surface area contributed by atoms with E-state index < -0.39 is 5.82 Å². The monoisotopic (exact) mass is 360 g/mol. The number of hydrazone groups is 1. The second-order valence-electron chi connectivity index (χ2n) is 5.04. The van der Waals surface area contributed by atoms with Gasteiger partial charge in [0.25, 0.3) is 0 Å². The third-order valence-electron chi connectivity index (χ3n) is 3.17. The summed E-state index contributed by atoms with van der Waals surface area (Å²) in [6.07, 6.45) is 1.50. The molecule has 8 heteroatoms. The van der Waals surface area contributed by atoms with E-state index in [1.54, 1.807) is 23.6 Å². The molecule has 1 heterocycles. The Morgan fingerprint density at radius 2 is 1.92 bits per heavy atom. The molecule has 25 heavy (non-hydrogen) atoms. The molecule has 1 aromatic heterocycles. The van der Waals surface area contributed by atoms with Gasteiger partial charge in [-0.05, 0) is 29.8 Å². The highest BCUT2D eigenvalue weighted by Crippen LogP contribution is 2.21. The van der Waals surface area contributed by atoms with Crippen molar-refractivity contribution in [2.24, 2.45) is 5.10 Å². The molecular weight excluding hydrogens is 346 g/mol. The average molecular weight is 360 g/mol. The van der Waals surface area contributed by atoms with Crippen LogP contribution in [0.2, 0.25) is 0 Å². The second kappa shape index (κ2) is 7.71. The number of halogens is 2. The van der Waals surface area contributed by atoms with Gasteiger partial charge in [-0.15, -0.1) is 11.3 Å². The minimum absolute atomic E-state index is 0.182. The SMILES string of the molecule is Nc1csc(NN=Cc2ccc(F)cc2OCc2ccc(F)cc2)n1. The summed E-state index contributed by atoms with van der Waals surface area (Å²) in [5.74, 6) is -0.00975. The van der Waals surface area contributed by atoms with Gasteiger partial charge in [0.1, 0.15) is 29.8 Å². The van der Waals surface area contributed by atoms with Crippen LogP contribution in [0.25, 0.3) is 0 Å². The Bertz CT molecular complexity index is 881. The van der Waals surface area contributed by atoms with Crippen molar-refractivity contribution in [3.8, 4) is 5.75 Å². The molecule has 2 aromatic carbocycles. The van der Waals surface area contributed by atoms with Crippen LogP contribution in [-0.2, 0) is 6.61 Å². The fraction of sp³-hybridized carbons (Fsp3) is 0.0588. The van der Waals surface area contributed by atoms with E-state index in [1.807, 2.05) is 0 Å². The zero-order chi connectivity index (χ0) is 17.6. The molecule has 0 aliphatic rings. The fourth-order valence-corrected chi connectivity index (χ4v) is 2.52. The van der Waals surface area contributed by atoms with Crippen molar-refractivity contribution in [3.63, 3.8) is 0 Å². The van der Waals surface area contributed by atoms with Gasteiger partial charge in [0.15, 0.2) is 0 Å². The number of nitrogens with two attached hydrogens (primary N) is 1. The number of ether oxygens (including phenoxy) is 1. The molecule has 128 valence electrons. The molecule has 0 bridgehead atoms. The average Bonchev–Trinajstić information content (AvgIpc) is 3.01. The van der Waals surface area contributed by atoms with E-state index in [9.17, 15) is 8.78 Å². The molecule has 0 unspecified atom stereocenters. The van der Waals surface area contributed by atoms with Crippen LogP contribution in [0.15, 0.2) is 52.9 Å². The van der Waals surface area contributed by atoms with Gasteiger partial charge in [-0.1, -0.05) is 12.1 Å². The number of nitrogens with zero attached hydrogens (tertiary/aromatic N) is 2. The van der Waals surface area contributed by atoms with Crippen LogP contribution in [0.5, 0.6) is 5.75 Å². The number of nitrogen functional groups attached to an aromatic ring is 1. The summed E-state index contributed by atoms with van der Waals surface area (Å²) in [5, 5.41) is 6.28. The summed E-state index contributed by atoms with van der Waals surface area (Å²) in [4.78, 5) is 4.01. The van der Waals surface area contributed by atoms with Crippen molar-refractivity contribution in [3.05, 3.63) is 70.6 Å². The normalized spacial score (nSPS) is 11.0. The van der Waals surface area contributed by atoms with Crippen LogP contribution >= 0.6 is 11.3 Å². The van der Waals surface area contributed by atoms with Gasteiger partial charge < -0.3 is 10.5 Å². The number of hydrogen-bond acceptors (Lipinski definition) is 6. The molecule has 0 amide bonds. The summed E-state index contributed by atoms with van der Waals surface area (Å²) in [6.45, 7) is 0.182. The highest BCUT2D eigenvalue weighted by Gasteiger charge is 2.05. The summed E-state index contributed by atoms with van der Waals surface area (Å²) in [6, 6.07) is 10.0. The predicted octanol–water partition coefficient (Wildman–Crippen LogP) is 4.03. The molecule has 0 aliphatic carbocycles. The summed E-state index contributed by atoms with van der Waals surface area (Å²) < 4.78 is 32.1. The molecule has 3 aromatic rings. The summed E-state index contributed by atoms with van der Waals surface area (Å²) in [5.41, 5.74) is 9.62. The van der Waals surface area contributed by atoms with Crippen molar-refractivity contribution in [1.29, 1.82) is 0 Å². The summed E-state index contributed by atoms with van der Waals surface area (Å²) >= 11 is 1.32. The third-order valence-corrected chi connectivity index (χ3v) is 3.93. The number of thiazole rings is 1. The quantitative estimate of drug-likeness (QED) is 0.514. The number of aromatic nitrogens is 1. The van der Waals surface area contributed by atoms with Crippen LogP contribution in [0.3, 0.4) is 0 Å². The van der Waals surface area contributed by atoms with Gasteiger partial charge in [0, 0.05) is 17.0 Å².